The second-order valence-electron chi connectivity index (χ2n) is 5.03. The number of hydrogen-bond donors (Lipinski definition) is 1. The molecule has 1 atom stereocenters. The van der Waals surface area contributed by atoms with Gasteiger partial charge in [-0.05, 0) is 36.5 Å². The van der Waals surface area contributed by atoms with Crippen molar-refractivity contribution in [2.24, 2.45) is 0 Å². The van der Waals surface area contributed by atoms with E-state index in [2.05, 4.69) is 33.5 Å². The standard InChI is InChI=1S/C16H17N3OS/c20-15(11-21-16-17-9-4-10-18-16)19-14-8-3-6-12-5-1-2-7-13(12)14/h1-2,4-5,7,9-10,14H,3,6,8,11H2,(H,19,20)/t14-/m1/s1. The van der Waals surface area contributed by atoms with Crippen LogP contribution in [0.3, 0.4) is 0 Å². The van der Waals surface area contributed by atoms with Crippen LogP contribution in [0, 0.1) is 0 Å². The predicted molar refractivity (Wildman–Crippen MR) is 83.0 cm³/mol. The number of carbonyl (C=O) groups excluding carboxylic acids is 1. The first kappa shape index (κ1) is 14.1. The first-order valence-corrected chi connectivity index (χ1v) is 8.08. The number of nitrogens with zero attached hydrogens (tertiary/aromatic N) is 2. The van der Waals surface area contributed by atoms with Crippen molar-refractivity contribution in [2.45, 2.75) is 30.5 Å². The van der Waals surface area contributed by atoms with E-state index in [0.717, 1.165) is 19.3 Å². The molecule has 0 saturated heterocycles. The third kappa shape index (κ3) is 3.61. The Bertz CT molecular complexity index is 618. The Labute approximate surface area is 128 Å². The van der Waals surface area contributed by atoms with E-state index in [-0.39, 0.29) is 11.9 Å². The van der Waals surface area contributed by atoms with Crippen molar-refractivity contribution in [1.82, 2.24) is 15.3 Å². The molecule has 1 heterocycles. The van der Waals surface area contributed by atoms with Gasteiger partial charge in [0.15, 0.2) is 5.16 Å². The van der Waals surface area contributed by atoms with E-state index in [1.165, 1.54) is 22.9 Å². The summed E-state index contributed by atoms with van der Waals surface area (Å²) in [5.74, 6) is 0.386. The van der Waals surface area contributed by atoms with Crippen molar-refractivity contribution in [2.75, 3.05) is 5.75 Å². The van der Waals surface area contributed by atoms with Crippen molar-refractivity contribution in [3.63, 3.8) is 0 Å². The maximum absolute atomic E-state index is 12.1. The molecule has 0 unspecified atom stereocenters. The highest BCUT2D eigenvalue weighted by molar-refractivity contribution is 7.99. The maximum atomic E-state index is 12.1. The number of benzene rings is 1. The Morgan fingerprint density at radius 3 is 2.90 bits per heavy atom. The van der Waals surface area contributed by atoms with Crippen LogP contribution in [0.15, 0.2) is 47.9 Å². The van der Waals surface area contributed by atoms with Gasteiger partial charge < -0.3 is 5.32 Å². The number of rotatable bonds is 4. The number of aryl methyl sites for hydroxylation is 1. The molecule has 4 nitrogen and oxygen atoms in total. The molecule has 0 saturated carbocycles. The number of fused-ring (bicyclic) bond motifs is 1. The molecule has 1 amide bonds. The Kier molecular flexibility index (Phi) is 4.50. The lowest BCUT2D eigenvalue weighted by molar-refractivity contribution is -0.119. The van der Waals surface area contributed by atoms with Gasteiger partial charge in [0.2, 0.25) is 5.91 Å². The van der Waals surface area contributed by atoms with E-state index in [1.807, 2.05) is 6.07 Å². The number of carbonyl (C=O) groups is 1. The van der Waals surface area contributed by atoms with E-state index < -0.39 is 0 Å². The molecule has 0 bridgehead atoms. The molecule has 5 heteroatoms. The summed E-state index contributed by atoms with van der Waals surface area (Å²) in [7, 11) is 0. The largest absolute Gasteiger partial charge is 0.349 e. The summed E-state index contributed by atoms with van der Waals surface area (Å²) in [5.41, 5.74) is 2.62. The summed E-state index contributed by atoms with van der Waals surface area (Å²) in [4.78, 5) is 20.3. The van der Waals surface area contributed by atoms with Crippen LogP contribution in [-0.4, -0.2) is 21.6 Å². The Hall–Kier alpha value is -1.88. The quantitative estimate of drug-likeness (QED) is 0.697. The van der Waals surface area contributed by atoms with Crippen LogP contribution in [0.5, 0.6) is 0 Å². The summed E-state index contributed by atoms with van der Waals surface area (Å²) in [6.07, 6.45) is 6.61. The number of nitrogens with one attached hydrogen (secondary N) is 1. The monoisotopic (exact) mass is 299 g/mol. The highest BCUT2D eigenvalue weighted by Crippen LogP contribution is 2.29. The van der Waals surface area contributed by atoms with Gasteiger partial charge in [0.25, 0.3) is 0 Å². The molecule has 1 aliphatic rings. The van der Waals surface area contributed by atoms with E-state index in [9.17, 15) is 4.79 Å². The average molecular weight is 299 g/mol. The van der Waals surface area contributed by atoms with Crippen molar-refractivity contribution in [3.05, 3.63) is 53.9 Å². The second-order valence-corrected chi connectivity index (χ2v) is 5.97. The summed E-state index contributed by atoms with van der Waals surface area (Å²) >= 11 is 1.36. The van der Waals surface area contributed by atoms with Crippen LogP contribution in [0.25, 0.3) is 0 Å². The molecule has 0 spiro atoms. The molecule has 1 aromatic carbocycles. The second kappa shape index (κ2) is 6.72. The average Bonchev–Trinajstić information content (AvgIpc) is 2.54. The van der Waals surface area contributed by atoms with Crippen molar-refractivity contribution in [1.29, 1.82) is 0 Å². The van der Waals surface area contributed by atoms with Gasteiger partial charge in [-0.3, -0.25) is 4.79 Å². The number of thioether (sulfide) groups is 1. The summed E-state index contributed by atoms with van der Waals surface area (Å²) in [5, 5.41) is 3.77. The molecular weight excluding hydrogens is 282 g/mol. The van der Waals surface area contributed by atoms with E-state index in [0.29, 0.717) is 10.9 Å². The van der Waals surface area contributed by atoms with Gasteiger partial charge in [0.05, 0.1) is 11.8 Å². The minimum atomic E-state index is 0.0363. The Morgan fingerprint density at radius 1 is 1.24 bits per heavy atom. The summed E-state index contributed by atoms with van der Waals surface area (Å²) < 4.78 is 0. The Morgan fingerprint density at radius 2 is 2.05 bits per heavy atom. The first-order chi connectivity index (χ1) is 10.3. The van der Waals surface area contributed by atoms with E-state index >= 15 is 0 Å². The number of amides is 1. The maximum Gasteiger partial charge on any atom is 0.230 e. The lowest BCUT2D eigenvalue weighted by Gasteiger charge is -2.26. The molecule has 0 fully saturated rings. The van der Waals surface area contributed by atoms with Crippen LogP contribution in [0.4, 0.5) is 0 Å². The first-order valence-electron chi connectivity index (χ1n) is 7.10. The summed E-state index contributed by atoms with van der Waals surface area (Å²) in [6.45, 7) is 0. The Balaban J connectivity index is 1.58. The van der Waals surface area contributed by atoms with Crippen molar-refractivity contribution >= 4 is 17.7 Å². The summed E-state index contributed by atoms with van der Waals surface area (Å²) in [6, 6.07) is 10.3. The fourth-order valence-electron chi connectivity index (χ4n) is 2.63. The van der Waals surface area contributed by atoms with Gasteiger partial charge in [0.1, 0.15) is 0 Å². The van der Waals surface area contributed by atoms with Crippen LogP contribution in [0.1, 0.15) is 30.0 Å². The highest BCUT2D eigenvalue weighted by atomic mass is 32.2. The minimum absolute atomic E-state index is 0.0363. The third-order valence-electron chi connectivity index (χ3n) is 3.58. The molecule has 1 aromatic heterocycles. The zero-order valence-corrected chi connectivity index (χ0v) is 12.5. The smallest absolute Gasteiger partial charge is 0.230 e. The molecule has 21 heavy (non-hydrogen) atoms. The van der Waals surface area contributed by atoms with E-state index in [4.69, 9.17) is 0 Å². The zero-order chi connectivity index (χ0) is 14.5. The predicted octanol–water partition coefficient (Wildman–Crippen LogP) is 2.76. The molecule has 108 valence electrons. The van der Waals surface area contributed by atoms with Gasteiger partial charge in [-0.2, -0.15) is 0 Å². The van der Waals surface area contributed by atoms with Crippen LogP contribution in [0.2, 0.25) is 0 Å². The topological polar surface area (TPSA) is 54.9 Å². The molecular formula is C16H17N3OS. The van der Waals surface area contributed by atoms with Crippen LogP contribution >= 0.6 is 11.8 Å². The van der Waals surface area contributed by atoms with Gasteiger partial charge in [0, 0.05) is 12.4 Å². The van der Waals surface area contributed by atoms with E-state index in [1.54, 1.807) is 18.5 Å². The lowest BCUT2D eigenvalue weighted by atomic mass is 9.88. The lowest BCUT2D eigenvalue weighted by Crippen LogP contribution is -2.32. The normalized spacial score (nSPS) is 17.0. The molecule has 0 radical (unpaired) electrons. The molecule has 3 rings (SSSR count). The highest BCUT2D eigenvalue weighted by Gasteiger charge is 2.21. The fraction of sp³-hybridized carbons (Fsp3) is 0.312. The van der Waals surface area contributed by atoms with Gasteiger partial charge in [-0.1, -0.05) is 36.0 Å². The zero-order valence-electron chi connectivity index (χ0n) is 11.7. The third-order valence-corrected chi connectivity index (χ3v) is 4.45. The molecule has 1 aliphatic carbocycles. The van der Waals surface area contributed by atoms with Crippen molar-refractivity contribution in [3.8, 4) is 0 Å². The molecule has 2 aromatic rings. The van der Waals surface area contributed by atoms with Gasteiger partial charge in [-0.15, -0.1) is 0 Å². The van der Waals surface area contributed by atoms with Crippen LogP contribution < -0.4 is 5.32 Å². The van der Waals surface area contributed by atoms with Gasteiger partial charge >= 0.3 is 0 Å². The van der Waals surface area contributed by atoms with Crippen LogP contribution in [-0.2, 0) is 11.2 Å². The molecule has 0 aliphatic heterocycles. The number of aromatic nitrogens is 2. The SMILES string of the molecule is O=C(CSc1ncccn1)N[C@@H]1CCCc2ccccc21. The van der Waals surface area contributed by atoms with Crippen molar-refractivity contribution < 1.29 is 4.79 Å². The molecule has 1 N–H and O–H groups in total. The fourth-order valence-corrected chi connectivity index (χ4v) is 3.24. The number of hydrogen-bond acceptors (Lipinski definition) is 4. The van der Waals surface area contributed by atoms with Gasteiger partial charge in [-0.25, -0.2) is 9.97 Å². The minimum Gasteiger partial charge on any atom is -0.349 e.